The maximum atomic E-state index is 11.8. The van der Waals surface area contributed by atoms with Gasteiger partial charge in [-0.05, 0) is 62.8 Å². The van der Waals surface area contributed by atoms with E-state index in [1.54, 1.807) is 17.7 Å². The molecule has 0 fully saturated rings. The minimum atomic E-state index is -0.343. The van der Waals surface area contributed by atoms with E-state index in [2.05, 4.69) is 36.9 Å². The number of hydrogen-bond donors (Lipinski definition) is 3. The van der Waals surface area contributed by atoms with Gasteiger partial charge in [0.15, 0.2) is 0 Å². The summed E-state index contributed by atoms with van der Waals surface area (Å²) in [6.07, 6.45) is 5.86. The van der Waals surface area contributed by atoms with Crippen LogP contribution in [0.3, 0.4) is 0 Å². The average molecular weight is 437 g/mol. The summed E-state index contributed by atoms with van der Waals surface area (Å²) in [5.74, 6) is 1.23. The molecule has 1 aliphatic rings. The van der Waals surface area contributed by atoms with Gasteiger partial charge in [0.1, 0.15) is 17.0 Å². The lowest BCUT2D eigenvalue weighted by atomic mass is 9.88. The Morgan fingerprint density at radius 3 is 3.13 bits per heavy atom. The zero-order chi connectivity index (χ0) is 21.4. The molecule has 4 aromatic rings. The van der Waals surface area contributed by atoms with Gasteiger partial charge >= 0.3 is 6.09 Å². The van der Waals surface area contributed by atoms with Crippen LogP contribution in [0.4, 0.5) is 16.3 Å². The Labute approximate surface area is 183 Å². The largest absolute Gasteiger partial charge is 0.447 e. The van der Waals surface area contributed by atoms with E-state index < -0.39 is 0 Å². The second-order valence-corrected chi connectivity index (χ2v) is 9.23. The van der Waals surface area contributed by atoms with E-state index in [0.717, 1.165) is 51.9 Å². The highest BCUT2D eigenvalue weighted by Gasteiger charge is 2.25. The zero-order valence-electron chi connectivity index (χ0n) is 17.4. The van der Waals surface area contributed by atoms with Crippen LogP contribution in [0.1, 0.15) is 30.7 Å². The number of ether oxygens (including phenoxy) is 1. The third-order valence-electron chi connectivity index (χ3n) is 5.53. The van der Waals surface area contributed by atoms with E-state index >= 15 is 0 Å². The van der Waals surface area contributed by atoms with Gasteiger partial charge in [-0.25, -0.2) is 14.8 Å². The molecule has 1 atom stereocenters. The van der Waals surface area contributed by atoms with Crippen molar-refractivity contribution >= 4 is 50.1 Å². The lowest BCUT2D eigenvalue weighted by molar-refractivity contribution is 0.114. The first-order valence-electron chi connectivity index (χ1n) is 10.5. The molecular weight excluding hydrogens is 412 g/mol. The van der Waals surface area contributed by atoms with Gasteiger partial charge in [-0.3, -0.25) is 5.10 Å². The Morgan fingerprint density at radius 1 is 1.35 bits per heavy atom. The number of carbonyl (C=O) groups excluding carboxylic acids is 1. The first kappa shape index (κ1) is 19.7. The summed E-state index contributed by atoms with van der Waals surface area (Å²) in [7, 11) is 0. The molecule has 9 heteroatoms. The van der Waals surface area contributed by atoms with Crippen LogP contribution >= 0.6 is 11.3 Å². The molecule has 0 spiro atoms. The molecule has 0 saturated heterocycles. The van der Waals surface area contributed by atoms with Crippen LogP contribution < -0.4 is 10.6 Å². The zero-order valence-corrected chi connectivity index (χ0v) is 18.3. The predicted octanol–water partition coefficient (Wildman–Crippen LogP) is 4.55. The fraction of sp³-hybridized carbons (Fsp3) is 0.364. The van der Waals surface area contributed by atoms with Crippen molar-refractivity contribution in [1.82, 2.24) is 25.5 Å². The van der Waals surface area contributed by atoms with Crippen molar-refractivity contribution < 1.29 is 9.53 Å². The quantitative estimate of drug-likeness (QED) is 0.424. The summed E-state index contributed by atoms with van der Waals surface area (Å²) >= 11 is 1.73. The van der Waals surface area contributed by atoms with Crippen molar-refractivity contribution in [3.05, 3.63) is 41.2 Å². The molecule has 1 aliphatic carbocycles. The van der Waals surface area contributed by atoms with Gasteiger partial charge in [0.25, 0.3) is 0 Å². The van der Waals surface area contributed by atoms with Crippen LogP contribution in [0.2, 0.25) is 0 Å². The lowest BCUT2D eigenvalue weighted by Crippen LogP contribution is -2.33. The molecule has 0 bridgehead atoms. The second-order valence-electron chi connectivity index (χ2n) is 8.15. The monoisotopic (exact) mass is 436 g/mol. The molecule has 1 aromatic carbocycles. The van der Waals surface area contributed by atoms with Crippen LogP contribution in [0.25, 0.3) is 21.1 Å². The number of hydrogen-bond acceptors (Lipinski definition) is 7. The van der Waals surface area contributed by atoms with Gasteiger partial charge in [-0.1, -0.05) is 0 Å². The average Bonchev–Trinajstić information content (AvgIpc) is 3.35. The van der Waals surface area contributed by atoms with Crippen molar-refractivity contribution in [3.63, 3.8) is 0 Å². The SMILES string of the molecule is CC(C)OC(=O)NCC1CCc2c(sc3ncnc(Nc4ccc5[nH]ncc5c4)c23)C1. The number of nitrogens with zero attached hydrogens (tertiary/aromatic N) is 3. The summed E-state index contributed by atoms with van der Waals surface area (Å²) in [6, 6.07) is 6.09. The topological polar surface area (TPSA) is 105 Å². The molecule has 3 aromatic heterocycles. The Balaban J connectivity index is 1.36. The number of alkyl carbamates (subject to hydrolysis) is 1. The van der Waals surface area contributed by atoms with Crippen LogP contribution in [-0.4, -0.2) is 38.9 Å². The third-order valence-corrected chi connectivity index (χ3v) is 6.69. The molecule has 8 nitrogen and oxygen atoms in total. The van der Waals surface area contributed by atoms with Crippen LogP contribution in [0, 0.1) is 5.92 Å². The molecule has 0 saturated carbocycles. The second kappa shape index (κ2) is 8.14. The molecule has 5 rings (SSSR count). The van der Waals surface area contributed by atoms with Crippen molar-refractivity contribution in [1.29, 1.82) is 0 Å². The van der Waals surface area contributed by atoms with E-state index in [-0.39, 0.29) is 12.2 Å². The third kappa shape index (κ3) is 4.05. The number of benzene rings is 1. The van der Waals surface area contributed by atoms with E-state index in [4.69, 9.17) is 4.74 Å². The molecule has 1 amide bonds. The molecule has 0 radical (unpaired) electrons. The number of anilines is 2. The minimum absolute atomic E-state index is 0.112. The number of rotatable bonds is 5. The number of aryl methyl sites for hydroxylation is 1. The fourth-order valence-electron chi connectivity index (χ4n) is 4.09. The smallest absolute Gasteiger partial charge is 0.407 e. The van der Waals surface area contributed by atoms with Gasteiger partial charge in [-0.2, -0.15) is 5.10 Å². The Hall–Kier alpha value is -3.20. The summed E-state index contributed by atoms with van der Waals surface area (Å²) in [5, 5.41) is 15.6. The Morgan fingerprint density at radius 2 is 2.26 bits per heavy atom. The lowest BCUT2D eigenvalue weighted by Gasteiger charge is -2.23. The number of thiophene rings is 1. The van der Waals surface area contributed by atoms with E-state index in [9.17, 15) is 4.79 Å². The number of nitrogens with one attached hydrogen (secondary N) is 3. The van der Waals surface area contributed by atoms with Crippen LogP contribution in [0.5, 0.6) is 0 Å². The van der Waals surface area contributed by atoms with Crippen LogP contribution in [0.15, 0.2) is 30.7 Å². The van der Waals surface area contributed by atoms with Gasteiger partial charge in [0, 0.05) is 22.5 Å². The summed E-state index contributed by atoms with van der Waals surface area (Å²) in [5.41, 5.74) is 3.30. The molecule has 31 heavy (non-hydrogen) atoms. The number of aromatic amines is 1. The molecule has 3 N–H and O–H groups in total. The molecule has 0 aliphatic heterocycles. The standard InChI is InChI=1S/C22H24N6O2S/c1-12(2)30-22(29)23-9-13-3-5-16-18(7-13)31-21-19(16)20(24-11-25-21)27-15-4-6-17-14(8-15)10-26-28-17/h4,6,8,10-13H,3,5,7,9H2,1-2H3,(H,23,29)(H,26,28)(H,24,25,27). The number of H-pyrrole nitrogens is 1. The number of aromatic nitrogens is 4. The first-order chi connectivity index (χ1) is 15.1. The minimum Gasteiger partial charge on any atom is -0.447 e. The van der Waals surface area contributed by atoms with Crippen molar-refractivity contribution in [2.24, 2.45) is 5.92 Å². The van der Waals surface area contributed by atoms with Crippen molar-refractivity contribution in [3.8, 4) is 0 Å². The number of amides is 1. The summed E-state index contributed by atoms with van der Waals surface area (Å²) in [4.78, 5) is 23.2. The normalized spacial score (nSPS) is 15.9. The molecular formula is C22H24N6O2S. The predicted molar refractivity (Wildman–Crippen MR) is 122 cm³/mol. The summed E-state index contributed by atoms with van der Waals surface area (Å²) < 4.78 is 5.17. The van der Waals surface area contributed by atoms with Gasteiger partial charge in [0.05, 0.1) is 23.2 Å². The first-order valence-corrected chi connectivity index (χ1v) is 11.3. The van der Waals surface area contributed by atoms with Crippen molar-refractivity contribution in [2.45, 2.75) is 39.2 Å². The van der Waals surface area contributed by atoms with Gasteiger partial charge < -0.3 is 15.4 Å². The van der Waals surface area contributed by atoms with E-state index in [1.807, 2.05) is 32.2 Å². The molecule has 1 unspecified atom stereocenters. The van der Waals surface area contributed by atoms with Gasteiger partial charge in [0.2, 0.25) is 0 Å². The maximum Gasteiger partial charge on any atom is 0.407 e. The highest BCUT2D eigenvalue weighted by molar-refractivity contribution is 7.19. The number of fused-ring (bicyclic) bond motifs is 4. The summed E-state index contributed by atoms with van der Waals surface area (Å²) in [6.45, 7) is 4.33. The maximum absolute atomic E-state index is 11.8. The van der Waals surface area contributed by atoms with Crippen molar-refractivity contribution in [2.75, 3.05) is 11.9 Å². The van der Waals surface area contributed by atoms with E-state index in [1.165, 1.54) is 10.4 Å². The highest BCUT2D eigenvalue weighted by atomic mass is 32.1. The molecule has 3 heterocycles. The van der Waals surface area contributed by atoms with Crippen LogP contribution in [-0.2, 0) is 17.6 Å². The number of carbonyl (C=O) groups is 1. The fourth-order valence-corrected chi connectivity index (χ4v) is 5.39. The Bertz CT molecular complexity index is 1250. The van der Waals surface area contributed by atoms with E-state index in [0.29, 0.717) is 12.5 Å². The highest BCUT2D eigenvalue weighted by Crippen LogP contribution is 2.40. The van der Waals surface area contributed by atoms with Gasteiger partial charge in [-0.15, -0.1) is 11.3 Å². The Kier molecular flexibility index (Phi) is 5.19. The molecule has 160 valence electrons.